The average Bonchev–Trinajstić information content (AvgIpc) is 2.38. The van der Waals surface area contributed by atoms with E-state index in [-0.39, 0.29) is 19.1 Å². The Balaban J connectivity index is 2.35. The van der Waals surface area contributed by atoms with E-state index in [4.69, 9.17) is 10.5 Å². The van der Waals surface area contributed by atoms with Crippen LogP contribution in [0.4, 0.5) is 0 Å². The zero-order valence-corrected chi connectivity index (χ0v) is 10.5. The number of aliphatic hydroxyl groups excluding tert-OH is 1. The smallest absolute Gasteiger partial charge is 0.250 e. The fraction of sp³-hybridized carbons (Fsp3) is 0.917. The van der Waals surface area contributed by atoms with E-state index in [2.05, 4.69) is 5.32 Å². The van der Waals surface area contributed by atoms with Gasteiger partial charge in [0.1, 0.15) is 6.10 Å². The summed E-state index contributed by atoms with van der Waals surface area (Å²) in [6, 6.07) is 0. The van der Waals surface area contributed by atoms with E-state index in [0.717, 1.165) is 12.8 Å². The molecule has 0 aliphatic heterocycles. The van der Waals surface area contributed by atoms with Crippen LogP contribution in [-0.4, -0.2) is 43.9 Å². The molecule has 5 nitrogen and oxygen atoms in total. The lowest BCUT2D eigenvalue weighted by atomic mass is 9.79. The molecule has 0 heterocycles. The van der Waals surface area contributed by atoms with Gasteiger partial charge >= 0.3 is 0 Å². The minimum absolute atomic E-state index is 0.155. The second-order valence-electron chi connectivity index (χ2n) is 4.69. The average molecular weight is 244 g/mol. The van der Waals surface area contributed by atoms with Crippen molar-refractivity contribution in [3.63, 3.8) is 0 Å². The second kappa shape index (κ2) is 7.63. The summed E-state index contributed by atoms with van der Waals surface area (Å²) in [5, 5.41) is 12.1. The van der Waals surface area contributed by atoms with Gasteiger partial charge in [0.15, 0.2) is 0 Å². The Hall–Kier alpha value is -0.650. The highest BCUT2D eigenvalue weighted by molar-refractivity contribution is 5.80. The molecule has 17 heavy (non-hydrogen) atoms. The fourth-order valence-electron chi connectivity index (χ4n) is 2.45. The number of methoxy groups -OCH3 is 1. The maximum absolute atomic E-state index is 11.7. The molecule has 1 rings (SSSR count). The molecule has 0 bridgehead atoms. The van der Waals surface area contributed by atoms with E-state index in [1.807, 2.05) is 0 Å². The van der Waals surface area contributed by atoms with E-state index < -0.39 is 6.10 Å². The van der Waals surface area contributed by atoms with Crippen LogP contribution in [0, 0.1) is 11.8 Å². The lowest BCUT2D eigenvalue weighted by Gasteiger charge is -2.30. The van der Waals surface area contributed by atoms with Gasteiger partial charge in [0.05, 0.1) is 0 Å². The number of aliphatic hydroxyl groups is 1. The number of ether oxygens (including phenoxy) is 1. The third-order valence-corrected chi connectivity index (χ3v) is 3.63. The minimum Gasteiger partial charge on any atom is -0.396 e. The molecule has 1 amide bonds. The highest BCUT2D eigenvalue weighted by Crippen LogP contribution is 2.28. The molecule has 100 valence electrons. The van der Waals surface area contributed by atoms with E-state index >= 15 is 0 Å². The van der Waals surface area contributed by atoms with E-state index in [1.165, 1.54) is 20.0 Å². The van der Waals surface area contributed by atoms with Gasteiger partial charge in [-0.1, -0.05) is 12.8 Å². The van der Waals surface area contributed by atoms with Crippen molar-refractivity contribution < 1.29 is 14.6 Å². The van der Waals surface area contributed by atoms with Crippen molar-refractivity contribution in [1.29, 1.82) is 0 Å². The Morgan fingerprint density at radius 2 is 2.12 bits per heavy atom. The van der Waals surface area contributed by atoms with Crippen LogP contribution in [0.2, 0.25) is 0 Å². The zero-order chi connectivity index (χ0) is 12.7. The Kier molecular flexibility index (Phi) is 6.47. The molecular weight excluding hydrogens is 220 g/mol. The van der Waals surface area contributed by atoms with Crippen molar-refractivity contribution in [2.75, 3.05) is 26.8 Å². The number of carbonyl (C=O) groups excluding carboxylic acids is 1. The maximum atomic E-state index is 11.7. The largest absolute Gasteiger partial charge is 0.396 e. The first-order chi connectivity index (χ1) is 8.22. The summed E-state index contributed by atoms with van der Waals surface area (Å²) < 4.78 is 4.97. The van der Waals surface area contributed by atoms with Crippen LogP contribution in [0.1, 0.15) is 25.7 Å². The highest BCUT2D eigenvalue weighted by Gasteiger charge is 2.25. The summed E-state index contributed by atoms with van der Waals surface area (Å²) in [5.74, 6) is 0.549. The van der Waals surface area contributed by atoms with Gasteiger partial charge in [-0.25, -0.2) is 0 Å². The zero-order valence-electron chi connectivity index (χ0n) is 10.5. The molecule has 1 aliphatic carbocycles. The van der Waals surface area contributed by atoms with Crippen LogP contribution in [0.5, 0.6) is 0 Å². The Labute approximate surface area is 103 Å². The summed E-state index contributed by atoms with van der Waals surface area (Å²) in [6.45, 7) is 1.02. The molecular formula is C12H24N2O3. The molecule has 3 unspecified atom stereocenters. The molecule has 0 aromatic rings. The van der Waals surface area contributed by atoms with Crippen molar-refractivity contribution in [1.82, 2.24) is 5.32 Å². The molecule has 5 heteroatoms. The van der Waals surface area contributed by atoms with Crippen LogP contribution in [0.3, 0.4) is 0 Å². The van der Waals surface area contributed by atoms with Gasteiger partial charge in [0, 0.05) is 26.8 Å². The molecule has 0 aromatic carbocycles. The third kappa shape index (κ3) is 4.26. The Bertz CT molecular complexity index is 232. The molecule has 1 aliphatic rings. The summed E-state index contributed by atoms with van der Waals surface area (Å²) >= 11 is 0. The van der Waals surface area contributed by atoms with Gasteiger partial charge in [-0.15, -0.1) is 0 Å². The van der Waals surface area contributed by atoms with E-state index in [9.17, 15) is 9.90 Å². The first-order valence-electron chi connectivity index (χ1n) is 6.34. The molecule has 0 radical (unpaired) electrons. The first-order valence-corrected chi connectivity index (χ1v) is 6.34. The summed E-state index contributed by atoms with van der Waals surface area (Å²) in [6.07, 6.45) is 3.93. The van der Waals surface area contributed by atoms with Crippen LogP contribution in [0.25, 0.3) is 0 Å². The van der Waals surface area contributed by atoms with Crippen molar-refractivity contribution in [3.8, 4) is 0 Å². The molecule has 0 saturated heterocycles. The van der Waals surface area contributed by atoms with Gasteiger partial charge in [-0.05, 0) is 24.7 Å². The standard InChI is InChI=1S/C12H24N2O3/c1-17-11(6-13)12(16)14-7-9-4-2-3-5-10(9)8-15/h9-11,15H,2-8,13H2,1H3,(H,14,16). The predicted molar refractivity (Wildman–Crippen MR) is 65.4 cm³/mol. The lowest BCUT2D eigenvalue weighted by molar-refractivity contribution is -0.130. The van der Waals surface area contributed by atoms with E-state index in [1.54, 1.807) is 0 Å². The fourth-order valence-corrected chi connectivity index (χ4v) is 2.45. The Morgan fingerprint density at radius 1 is 1.47 bits per heavy atom. The summed E-state index contributed by atoms with van der Waals surface area (Å²) in [7, 11) is 1.48. The molecule has 1 saturated carbocycles. The SMILES string of the molecule is COC(CN)C(=O)NCC1CCCCC1CO. The molecule has 4 N–H and O–H groups in total. The van der Waals surface area contributed by atoms with Crippen molar-refractivity contribution in [2.24, 2.45) is 17.6 Å². The number of rotatable bonds is 6. The van der Waals surface area contributed by atoms with Gasteiger partial charge in [0.25, 0.3) is 0 Å². The van der Waals surface area contributed by atoms with Crippen molar-refractivity contribution in [3.05, 3.63) is 0 Å². The highest BCUT2D eigenvalue weighted by atomic mass is 16.5. The number of hydrogen-bond donors (Lipinski definition) is 3. The van der Waals surface area contributed by atoms with Crippen LogP contribution in [-0.2, 0) is 9.53 Å². The lowest BCUT2D eigenvalue weighted by Crippen LogP contribution is -2.44. The van der Waals surface area contributed by atoms with Crippen LogP contribution >= 0.6 is 0 Å². The Morgan fingerprint density at radius 3 is 2.65 bits per heavy atom. The number of nitrogens with two attached hydrogens (primary N) is 1. The van der Waals surface area contributed by atoms with Crippen molar-refractivity contribution >= 4 is 5.91 Å². The van der Waals surface area contributed by atoms with Gasteiger partial charge < -0.3 is 20.9 Å². The molecule has 3 atom stereocenters. The predicted octanol–water partition coefficient (Wildman–Crippen LogP) is -0.125. The van der Waals surface area contributed by atoms with Gasteiger partial charge in [-0.3, -0.25) is 4.79 Å². The third-order valence-electron chi connectivity index (χ3n) is 3.63. The number of amides is 1. The second-order valence-corrected chi connectivity index (χ2v) is 4.69. The van der Waals surface area contributed by atoms with Crippen molar-refractivity contribution in [2.45, 2.75) is 31.8 Å². The number of hydrogen-bond acceptors (Lipinski definition) is 4. The topological polar surface area (TPSA) is 84.6 Å². The molecule has 0 aromatic heterocycles. The minimum atomic E-state index is -0.564. The summed E-state index contributed by atoms with van der Waals surface area (Å²) in [4.78, 5) is 11.7. The molecule has 0 spiro atoms. The molecule has 1 fully saturated rings. The van der Waals surface area contributed by atoms with Crippen LogP contribution < -0.4 is 11.1 Å². The van der Waals surface area contributed by atoms with Gasteiger partial charge in [0.2, 0.25) is 5.91 Å². The quantitative estimate of drug-likeness (QED) is 0.608. The first kappa shape index (κ1) is 14.4. The van der Waals surface area contributed by atoms with E-state index in [0.29, 0.717) is 18.4 Å². The number of nitrogens with one attached hydrogen (secondary N) is 1. The maximum Gasteiger partial charge on any atom is 0.250 e. The normalized spacial score (nSPS) is 26.5. The monoisotopic (exact) mass is 244 g/mol. The summed E-state index contributed by atoms with van der Waals surface area (Å²) in [5.41, 5.74) is 5.42. The van der Waals surface area contributed by atoms with Crippen LogP contribution in [0.15, 0.2) is 0 Å². The number of carbonyl (C=O) groups is 1. The van der Waals surface area contributed by atoms with Gasteiger partial charge in [-0.2, -0.15) is 0 Å².